The van der Waals surface area contributed by atoms with Crippen molar-refractivity contribution in [2.45, 2.75) is 48.1 Å². The van der Waals surface area contributed by atoms with E-state index >= 15 is 0 Å². The third kappa shape index (κ3) is 7.46. The van der Waals surface area contributed by atoms with Gasteiger partial charge >= 0.3 is 0 Å². The van der Waals surface area contributed by atoms with E-state index in [1.54, 1.807) is 42.5 Å². The molecule has 0 saturated heterocycles. The number of ether oxygens (including phenoxy) is 1. The highest BCUT2D eigenvalue weighted by molar-refractivity contribution is 7.89. The van der Waals surface area contributed by atoms with E-state index in [0.717, 1.165) is 31.2 Å². The molecule has 4 rings (SSSR count). The normalized spacial score (nSPS) is 15.6. The van der Waals surface area contributed by atoms with Gasteiger partial charge in [0.15, 0.2) is 0 Å². The molecule has 3 aromatic carbocycles. The van der Waals surface area contributed by atoms with Crippen molar-refractivity contribution in [1.29, 1.82) is 0 Å². The first-order valence-electron chi connectivity index (χ1n) is 13.1. The SMILES string of the molecule is COc1ccc(S(=O)(=O)N(Cc2ccccc2)CC(O)CN(CC2CCCC2)S(=O)(=O)c2ccccc2)cc1. The monoisotopic (exact) mass is 572 g/mol. The van der Waals surface area contributed by atoms with Gasteiger partial charge in [-0.2, -0.15) is 8.61 Å². The lowest BCUT2D eigenvalue weighted by Crippen LogP contribution is -2.45. The highest BCUT2D eigenvalue weighted by Gasteiger charge is 2.33. The summed E-state index contributed by atoms with van der Waals surface area (Å²) in [6, 6.07) is 23.3. The maximum atomic E-state index is 13.7. The Hall–Kier alpha value is -2.76. The van der Waals surface area contributed by atoms with E-state index in [4.69, 9.17) is 4.74 Å². The van der Waals surface area contributed by atoms with Crippen molar-refractivity contribution in [2.75, 3.05) is 26.7 Å². The van der Waals surface area contributed by atoms with Crippen molar-refractivity contribution in [3.05, 3.63) is 90.5 Å². The van der Waals surface area contributed by atoms with E-state index in [9.17, 15) is 21.9 Å². The Morgan fingerprint density at radius 3 is 1.87 bits per heavy atom. The Labute approximate surface area is 232 Å². The number of benzene rings is 3. The van der Waals surface area contributed by atoms with E-state index in [2.05, 4.69) is 0 Å². The minimum absolute atomic E-state index is 0.0281. The maximum absolute atomic E-state index is 13.7. The van der Waals surface area contributed by atoms with Crippen molar-refractivity contribution in [1.82, 2.24) is 8.61 Å². The average molecular weight is 573 g/mol. The van der Waals surface area contributed by atoms with Crippen LogP contribution in [0.3, 0.4) is 0 Å². The number of hydrogen-bond acceptors (Lipinski definition) is 6. The van der Waals surface area contributed by atoms with E-state index in [0.29, 0.717) is 5.75 Å². The Morgan fingerprint density at radius 2 is 1.28 bits per heavy atom. The summed E-state index contributed by atoms with van der Waals surface area (Å²) in [6.07, 6.45) is 2.72. The molecule has 210 valence electrons. The van der Waals surface area contributed by atoms with Crippen molar-refractivity contribution in [3.63, 3.8) is 0 Å². The van der Waals surface area contributed by atoms with Gasteiger partial charge < -0.3 is 9.84 Å². The maximum Gasteiger partial charge on any atom is 0.243 e. The summed E-state index contributed by atoms with van der Waals surface area (Å²) in [4.78, 5) is 0.216. The van der Waals surface area contributed by atoms with E-state index in [-0.39, 0.29) is 41.9 Å². The highest BCUT2D eigenvalue weighted by atomic mass is 32.2. The topological polar surface area (TPSA) is 104 Å². The third-order valence-electron chi connectivity index (χ3n) is 7.05. The predicted octanol–water partition coefficient (Wildman–Crippen LogP) is 4.13. The van der Waals surface area contributed by atoms with Gasteiger partial charge in [0.25, 0.3) is 0 Å². The largest absolute Gasteiger partial charge is 0.497 e. The van der Waals surface area contributed by atoms with Gasteiger partial charge in [-0.1, -0.05) is 61.4 Å². The minimum Gasteiger partial charge on any atom is -0.497 e. The lowest BCUT2D eigenvalue weighted by molar-refractivity contribution is 0.116. The molecule has 10 heteroatoms. The average Bonchev–Trinajstić information content (AvgIpc) is 3.46. The number of aliphatic hydroxyl groups is 1. The summed E-state index contributed by atoms with van der Waals surface area (Å²) >= 11 is 0. The van der Waals surface area contributed by atoms with Crippen LogP contribution in [-0.4, -0.2) is 63.4 Å². The number of methoxy groups -OCH3 is 1. The summed E-state index contributed by atoms with van der Waals surface area (Å²) in [5, 5.41) is 11.2. The summed E-state index contributed by atoms with van der Waals surface area (Å²) in [7, 11) is -6.40. The zero-order chi connectivity index (χ0) is 27.9. The minimum atomic E-state index is -4.02. The Kier molecular flexibility index (Phi) is 9.79. The lowest BCUT2D eigenvalue weighted by Gasteiger charge is -2.30. The number of rotatable bonds is 13. The molecule has 0 radical (unpaired) electrons. The van der Waals surface area contributed by atoms with Gasteiger partial charge in [0.2, 0.25) is 20.0 Å². The fourth-order valence-electron chi connectivity index (χ4n) is 4.95. The van der Waals surface area contributed by atoms with Crippen LogP contribution < -0.4 is 4.74 Å². The van der Waals surface area contributed by atoms with Crippen LogP contribution in [0.2, 0.25) is 0 Å². The van der Waals surface area contributed by atoms with Gasteiger partial charge in [0.1, 0.15) is 5.75 Å². The lowest BCUT2D eigenvalue weighted by atomic mass is 10.1. The van der Waals surface area contributed by atoms with Gasteiger partial charge in [-0.3, -0.25) is 0 Å². The molecule has 0 heterocycles. The van der Waals surface area contributed by atoms with E-state index in [1.807, 2.05) is 30.3 Å². The predicted molar refractivity (Wildman–Crippen MR) is 150 cm³/mol. The quantitative estimate of drug-likeness (QED) is 0.330. The Bertz CT molecular complexity index is 1390. The smallest absolute Gasteiger partial charge is 0.243 e. The van der Waals surface area contributed by atoms with Crippen LogP contribution in [0, 0.1) is 5.92 Å². The first-order chi connectivity index (χ1) is 18.7. The molecule has 1 unspecified atom stereocenters. The molecule has 1 N–H and O–H groups in total. The molecular weight excluding hydrogens is 536 g/mol. The van der Waals surface area contributed by atoms with E-state index in [1.165, 1.54) is 27.9 Å². The summed E-state index contributed by atoms with van der Waals surface area (Å²) in [5.74, 6) is 0.733. The standard InChI is InChI=1S/C29H36N2O6S2/c1-37-27-16-18-29(19-17-27)39(35,36)31(20-24-10-4-2-5-11-24)23-26(32)22-30(21-25-12-8-9-13-25)38(33,34)28-14-6-3-7-15-28/h2-7,10-11,14-19,25-26,32H,8-9,12-13,20-23H2,1H3. The van der Waals surface area contributed by atoms with Crippen LogP contribution in [0.5, 0.6) is 5.75 Å². The second-order valence-electron chi connectivity index (χ2n) is 9.90. The summed E-state index contributed by atoms with van der Waals surface area (Å²) in [5.41, 5.74) is 0.751. The van der Waals surface area contributed by atoms with Crippen molar-refractivity contribution >= 4 is 20.0 Å². The van der Waals surface area contributed by atoms with Crippen LogP contribution in [0.15, 0.2) is 94.7 Å². The molecule has 8 nitrogen and oxygen atoms in total. The van der Waals surface area contributed by atoms with Gasteiger partial charge in [0.05, 0.1) is 23.0 Å². The summed E-state index contributed by atoms with van der Waals surface area (Å²) < 4.78 is 62.2. The van der Waals surface area contributed by atoms with Crippen LogP contribution in [0.25, 0.3) is 0 Å². The molecule has 1 aliphatic carbocycles. The second kappa shape index (κ2) is 13.1. The number of sulfonamides is 2. The first-order valence-corrected chi connectivity index (χ1v) is 16.0. The van der Waals surface area contributed by atoms with E-state index < -0.39 is 26.2 Å². The number of aliphatic hydroxyl groups excluding tert-OH is 1. The van der Waals surface area contributed by atoms with Crippen LogP contribution in [-0.2, 0) is 26.6 Å². The van der Waals surface area contributed by atoms with Gasteiger partial charge in [-0.05, 0) is 60.7 Å². The molecule has 0 amide bonds. The molecule has 1 atom stereocenters. The first kappa shape index (κ1) is 29.2. The van der Waals surface area contributed by atoms with Crippen molar-refractivity contribution in [3.8, 4) is 5.75 Å². The zero-order valence-electron chi connectivity index (χ0n) is 22.1. The molecule has 0 aliphatic heterocycles. The van der Waals surface area contributed by atoms with Crippen LogP contribution in [0.1, 0.15) is 31.2 Å². The Balaban J connectivity index is 1.60. The number of hydrogen-bond donors (Lipinski definition) is 1. The van der Waals surface area contributed by atoms with Crippen molar-refractivity contribution in [2.24, 2.45) is 5.92 Å². The molecule has 0 bridgehead atoms. The zero-order valence-corrected chi connectivity index (χ0v) is 23.7. The molecule has 0 spiro atoms. The van der Waals surface area contributed by atoms with Crippen molar-refractivity contribution < 1.29 is 26.7 Å². The molecule has 39 heavy (non-hydrogen) atoms. The fraction of sp³-hybridized carbons (Fsp3) is 0.379. The molecule has 1 saturated carbocycles. The van der Waals surface area contributed by atoms with Gasteiger partial charge in [0, 0.05) is 26.2 Å². The fourth-order valence-corrected chi connectivity index (χ4v) is 7.99. The molecular formula is C29H36N2O6S2. The van der Waals surface area contributed by atoms with Gasteiger partial charge in [-0.15, -0.1) is 0 Å². The van der Waals surface area contributed by atoms with Crippen LogP contribution in [0.4, 0.5) is 0 Å². The highest BCUT2D eigenvalue weighted by Crippen LogP contribution is 2.28. The van der Waals surface area contributed by atoms with Gasteiger partial charge in [-0.25, -0.2) is 16.8 Å². The molecule has 3 aromatic rings. The molecule has 1 aliphatic rings. The van der Waals surface area contributed by atoms with Crippen LogP contribution >= 0.6 is 0 Å². The number of nitrogens with zero attached hydrogens (tertiary/aromatic N) is 2. The molecule has 1 fully saturated rings. The third-order valence-corrected chi connectivity index (χ3v) is 10.7. The Morgan fingerprint density at radius 1 is 0.769 bits per heavy atom. The second-order valence-corrected chi connectivity index (χ2v) is 13.8. The molecule has 0 aromatic heterocycles. The summed E-state index contributed by atoms with van der Waals surface area (Å²) in [6.45, 7) is -0.162.